The van der Waals surface area contributed by atoms with Crippen LogP contribution in [0.3, 0.4) is 0 Å². The summed E-state index contributed by atoms with van der Waals surface area (Å²) in [4.78, 5) is 2.57. The van der Waals surface area contributed by atoms with E-state index in [0.29, 0.717) is 12.1 Å². The van der Waals surface area contributed by atoms with Gasteiger partial charge in [0.25, 0.3) is 0 Å². The van der Waals surface area contributed by atoms with Crippen LogP contribution in [0.4, 0.5) is 5.69 Å². The molecule has 2 rings (SSSR count). The number of hydrogen-bond acceptors (Lipinski definition) is 2. The molecule has 2 atom stereocenters. The SMILES string of the molecule is CCCC1CN(c2cccc(CC)c2)C(C)CN1. The van der Waals surface area contributed by atoms with Crippen LogP contribution in [0.5, 0.6) is 0 Å². The molecule has 1 aromatic carbocycles. The highest BCUT2D eigenvalue weighted by molar-refractivity contribution is 5.50. The maximum atomic E-state index is 3.66. The van der Waals surface area contributed by atoms with E-state index in [1.165, 1.54) is 24.1 Å². The predicted octanol–water partition coefficient (Wildman–Crippen LogP) is 3.22. The molecule has 1 aliphatic heterocycles. The summed E-state index contributed by atoms with van der Waals surface area (Å²) < 4.78 is 0. The van der Waals surface area contributed by atoms with Crippen LogP contribution in [0.15, 0.2) is 24.3 Å². The lowest BCUT2D eigenvalue weighted by molar-refractivity contribution is 0.386. The van der Waals surface area contributed by atoms with Crippen molar-refractivity contribution in [3.05, 3.63) is 29.8 Å². The van der Waals surface area contributed by atoms with Gasteiger partial charge in [-0.2, -0.15) is 0 Å². The fraction of sp³-hybridized carbons (Fsp3) is 0.625. The van der Waals surface area contributed by atoms with Crippen LogP contribution in [0, 0.1) is 0 Å². The van der Waals surface area contributed by atoms with E-state index in [2.05, 4.69) is 55.3 Å². The molecule has 0 saturated carbocycles. The molecule has 100 valence electrons. The minimum Gasteiger partial charge on any atom is -0.366 e. The molecule has 1 aliphatic rings. The van der Waals surface area contributed by atoms with Crippen molar-refractivity contribution in [2.24, 2.45) is 0 Å². The molecule has 0 radical (unpaired) electrons. The number of piperazine rings is 1. The molecule has 18 heavy (non-hydrogen) atoms. The van der Waals surface area contributed by atoms with E-state index < -0.39 is 0 Å². The Morgan fingerprint density at radius 1 is 1.33 bits per heavy atom. The molecule has 2 unspecified atom stereocenters. The molecule has 0 amide bonds. The zero-order chi connectivity index (χ0) is 13.0. The fourth-order valence-corrected chi connectivity index (χ4v) is 2.79. The van der Waals surface area contributed by atoms with Gasteiger partial charge in [-0.05, 0) is 37.5 Å². The molecule has 2 nitrogen and oxygen atoms in total. The van der Waals surface area contributed by atoms with Crippen LogP contribution < -0.4 is 10.2 Å². The first kappa shape index (κ1) is 13.4. The standard InChI is InChI=1S/C16H26N2/c1-4-7-15-12-18(13(3)11-17-15)16-9-6-8-14(5-2)10-16/h6,8-10,13,15,17H,4-5,7,11-12H2,1-3H3. The second-order valence-electron chi connectivity index (χ2n) is 5.42. The zero-order valence-electron chi connectivity index (χ0n) is 11.9. The van der Waals surface area contributed by atoms with E-state index in [-0.39, 0.29) is 0 Å². The third-order valence-corrected chi connectivity index (χ3v) is 3.94. The predicted molar refractivity (Wildman–Crippen MR) is 79.3 cm³/mol. The Balaban J connectivity index is 2.13. The fourth-order valence-electron chi connectivity index (χ4n) is 2.79. The third kappa shape index (κ3) is 3.05. The lowest BCUT2D eigenvalue weighted by atomic mass is 10.0. The average molecular weight is 246 g/mol. The van der Waals surface area contributed by atoms with E-state index in [4.69, 9.17) is 0 Å². The van der Waals surface area contributed by atoms with Crippen molar-refractivity contribution in [2.45, 2.75) is 52.1 Å². The highest BCUT2D eigenvalue weighted by Crippen LogP contribution is 2.22. The smallest absolute Gasteiger partial charge is 0.0387 e. The van der Waals surface area contributed by atoms with Crippen molar-refractivity contribution in [3.63, 3.8) is 0 Å². The monoisotopic (exact) mass is 246 g/mol. The Bertz CT molecular complexity index is 375. The topological polar surface area (TPSA) is 15.3 Å². The molecule has 1 heterocycles. The first-order chi connectivity index (χ1) is 8.74. The molecular formula is C16H26N2. The first-order valence-corrected chi connectivity index (χ1v) is 7.33. The van der Waals surface area contributed by atoms with E-state index >= 15 is 0 Å². The number of nitrogens with one attached hydrogen (secondary N) is 1. The average Bonchev–Trinajstić information content (AvgIpc) is 2.41. The number of aryl methyl sites for hydroxylation is 1. The van der Waals surface area contributed by atoms with Gasteiger partial charge >= 0.3 is 0 Å². The summed E-state index contributed by atoms with van der Waals surface area (Å²) >= 11 is 0. The van der Waals surface area contributed by atoms with E-state index in [9.17, 15) is 0 Å². The minimum atomic E-state index is 0.588. The Morgan fingerprint density at radius 3 is 2.89 bits per heavy atom. The molecule has 0 spiro atoms. The Kier molecular flexibility index (Phi) is 4.65. The second kappa shape index (κ2) is 6.24. The van der Waals surface area contributed by atoms with Crippen LogP contribution in [-0.4, -0.2) is 25.2 Å². The van der Waals surface area contributed by atoms with Gasteiger partial charge in [0.05, 0.1) is 0 Å². The molecule has 1 N–H and O–H groups in total. The van der Waals surface area contributed by atoms with Gasteiger partial charge in [-0.1, -0.05) is 32.4 Å². The number of hydrogen-bond donors (Lipinski definition) is 1. The van der Waals surface area contributed by atoms with Crippen molar-refractivity contribution >= 4 is 5.69 Å². The summed E-state index contributed by atoms with van der Waals surface area (Å²) in [5.74, 6) is 0. The first-order valence-electron chi connectivity index (χ1n) is 7.33. The largest absolute Gasteiger partial charge is 0.366 e. The van der Waals surface area contributed by atoms with Gasteiger partial charge in [-0.15, -0.1) is 0 Å². The molecule has 2 heteroatoms. The van der Waals surface area contributed by atoms with Crippen molar-refractivity contribution in [3.8, 4) is 0 Å². The van der Waals surface area contributed by atoms with Crippen LogP contribution in [0.25, 0.3) is 0 Å². The van der Waals surface area contributed by atoms with Gasteiger partial charge < -0.3 is 10.2 Å². The summed E-state index contributed by atoms with van der Waals surface area (Å²) in [6.07, 6.45) is 3.65. The molecule has 1 fully saturated rings. The van der Waals surface area contributed by atoms with E-state index in [0.717, 1.165) is 19.5 Å². The Hall–Kier alpha value is -1.02. The van der Waals surface area contributed by atoms with Gasteiger partial charge in [0.1, 0.15) is 0 Å². The lowest BCUT2D eigenvalue weighted by Crippen LogP contribution is -2.55. The van der Waals surface area contributed by atoms with E-state index in [1.54, 1.807) is 0 Å². The van der Waals surface area contributed by atoms with Crippen molar-refractivity contribution < 1.29 is 0 Å². The normalized spacial score (nSPS) is 24.3. The number of anilines is 1. The zero-order valence-corrected chi connectivity index (χ0v) is 11.9. The van der Waals surface area contributed by atoms with E-state index in [1.807, 2.05) is 0 Å². The Labute approximate surface area is 111 Å². The van der Waals surface area contributed by atoms with Crippen LogP contribution in [0.2, 0.25) is 0 Å². The maximum absolute atomic E-state index is 3.66. The highest BCUT2D eigenvalue weighted by atomic mass is 15.2. The highest BCUT2D eigenvalue weighted by Gasteiger charge is 2.24. The molecular weight excluding hydrogens is 220 g/mol. The van der Waals surface area contributed by atoms with Crippen molar-refractivity contribution in [2.75, 3.05) is 18.0 Å². The van der Waals surface area contributed by atoms with Gasteiger partial charge in [0, 0.05) is 30.9 Å². The summed E-state index contributed by atoms with van der Waals surface area (Å²) in [5.41, 5.74) is 2.83. The van der Waals surface area contributed by atoms with Crippen molar-refractivity contribution in [1.29, 1.82) is 0 Å². The molecule has 0 aromatic heterocycles. The van der Waals surface area contributed by atoms with Crippen molar-refractivity contribution in [1.82, 2.24) is 5.32 Å². The minimum absolute atomic E-state index is 0.588. The number of nitrogens with zero attached hydrogens (tertiary/aromatic N) is 1. The second-order valence-corrected chi connectivity index (χ2v) is 5.42. The lowest BCUT2D eigenvalue weighted by Gasteiger charge is -2.40. The van der Waals surface area contributed by atoms with Crippen LogP contribution in [0.1, 0.15) is 39.2 Å². The Morgan fingerprint density at radius 2 is 2.17 bits per heavy atom. The summed E-state index contributed by atoms with van der Waals surface area (Å²) in [6, 6.07) is 10.3. The molecule has 1 saturated heterocycles. The molecule has 0 bridgehead atoms. The van der Waals surface area contributed by atoms with Gasteiger partial charge in [-0.3, -0.25) is 0 Å². The van der Waals surface area contributed by atoms with Gasteiger partial charge in [0.2, 0.25) is 0 Å². The number of benzene rings is 1. The molecule has 1 aromatic rings. The number of rotatable bonds is 4. The molecule has 0 aliphatic carbocycles. The van der Waals surface area contributed by atoms with Gasteiger partial charge in [-0.25, -0.2) is 0 Å². The summed E-state index contributed by atoms with van der Waals surface area (Å²) in [6.45, 7) is 9.04. The van der Waals surface area contributed by atoms with Crippen LogP contribution >= 0.6 is 0 Å². The quantitative estimate of drug-likeness (QED) is 0.877. The third-order valence-electron chi connectivity index (χ3n) is 3.94. The van der Waals surface area contributed by atoms with Crippen LogP contribution in [-0.2, 0) is 6.42 Å². The summed E-state index contributed by atoms with van der Waals surface area (Å²) in [5, 5.41) is 3.66. The van der Waals surface area contributed by atoms with Gasteiger partial charge in [0.15, 0.2) is 0 Å². The maximum Gasteiger partial charge on any atom is 0.0387 e. The summed E-state index contributed by atoms with van der Waals surface area (Å²) in [7, 11) is 0.